The maximum atomic E-state index is 10.2. The normalized spacial score (nSPS) is 21.4. The van der Waals surface area contributed by atoms with Gasteiger partial charge < -0.3 is 9.59 Å². The fraction of sp³-hybridized carbons (Fsp3) is 0.812. The number of unbranched alkanes of at least 4 members (excludes halogenated alkanes) is 6. The average Bonchev–Trinajstić information content (AvgIpc) is 2.79. The molecule has 2 nitrogen and oxygen atoms in total. The molecule has 0 amide bonds. The van der Waals surface area contributed by atoms with Crippen molar-refractivity contribution in [2.75, 3.05) is 0 Å². The largest absolute Gasteiger partial charge is 0.303 e. The zero-order chi connectivity index (χ0) is 25.5. The van der Waals surface area contributed by atoms with E-state index in [1.54, 1.807) is 11.1 Å². The first-order valence-corrected chi connectivity index (χ1v) is 14.3. The molecule has 2 aliphatic carbocycles. The molecule has 0 aromatic carbocycles. The highest BCUT2D eigenvalue weighted by atomic mass is 16.1. The lowest BCUT2D eigenvalue weighted by atomic mass is 9.71. The van der Waals surface area contributed by atoms with Gasteiger partial charge in [-0.05, 0) is 113 Å². The minimum atomic E-state index is 0.482. The molecule has 2 saturated carbocycles. The Labute approximate surface area is 212 Å². The van der Waals surface area contributed by atoms with Crippen LogP contribution in [0.3, 0.4) is 0 Å². The molecule has 196 valence electrons. The van der Waals surface area contributed by atoms with Crippen LogP contribution < -0.4 is 0 Å². The number of aldehydes is 2. The molecule has 0 N–H and O–H groups in total. The van der Waals surface area contributed by atoms with Crippen molar-refractivity contribution in [2.45, 2.75) is 144 Å². The summed E-state index contributed by atoms with van der Waals surface area (Å²) in [5, 5.41) is 0. The van der Waals surface area contributed by atoms with Crippen LogP contribution in [-0.2, 0) is 9.59 Å². The maximum Gasteiger partial charge on any atom is 0.119 e. The van der Waals surface area contributed by atoms with Gasteiger partial charge in [0, 0.05) is 12.8 Å². The van der Waals surface area contributed by atoms with Crippen molar-refractivity contribution in [2.24, 2.45) is 22.7 Å². The van der Waals surface area contributed by atoms with E-state index in [-0.39, 0.29) is 0 Å². The molecule has 2 heteroatoms. The van der Waals surface area contributed by atoms with Gasteiger partial charge in [-0.3, -0.25) is 0 Å². The van der Waals surface area contributed by atoms with E-state index in [2.05, 4.69) is 53.7 Å². The molecule has 0 aromatic heterocycles. The molecule has 0 aromatic rings. The van der Waals surface area contributed by atoms with Gasteiger partial charge in [0.15, 0.2) is 0 Å². The van der Waals surface area contributed by atoms with Crippen molar-refractivity contribution in [1.29, 1.82) is 0 Å². The summed E-state index contributed by atoms with van der Waals surface area (Å²) in [5.41, 5.74) is 4.29. The molecule has 2 aliphatic rings. The van der Waals surface area contributed by atoms with Crippen molar-refractivity contribution in [3.8, 4) is 0 Å². The number of hydrogen-bond acceptors (Lipinski definition) is 2. The molecule has 0 heterocycles. The standard InChI is InChI=1S/2C16H28O/c2*1-16(2,3)15-11-9-14(10-12-15)8-6-4-5-7-13-17/h2*8,13,15H,4-7,9-12H2,1-3H3. The number of hydrogen-bond donors (Lipinski definition) is 0. The van der Waals surface area contributed by atoms with E-state index in [1.807, 2.05) is 0 Å². The molecule has 2 fully saturated rings. The highest BCUT2D eigenvalue weighted by Crippen LogP contribution is 2.40. The summed E-state index contributed by atoms with van der Waals surface area (Å²) >= 11 is 0. The van der Waals surface area contributed by atoms with Crippen LogP contribution >= 0.6 is 0 Å². The lowest BCUT2D eigenvalue weighted by Crippen LogP contribution is -2.23. The Balaban J connectivity index is 0.000000340. The van der Waals surface area contributed by atoms with E-state index in [4.69, 9.17) is 0 Å². The molecule has 0 bridgehead atoms. The van der Waals surface area contributed by atoms with Crippen molar-refractivity contribution in [3.63, 3.8) is 0 Å². The number of carbonyl (C=O) groups is 2. The van der Waals surface area contributed by atoms with E-state index < -0.39 is 0 Å². The van der Waals surface area contributed by atoms with E-state index in [0.717, 1.165) is 50.1 Å². The third-order valence-corrected chi connectivity index (χ3v) is 8.12. The molecule has 0 radical (unpaired) electrons. The summed E-state index contributed by atoms with van der Waals surface area (Å²) in [6.45, 7) is 14.2. The Hall–Kier alpha value is -1.18. The second kappa shape index (κ2) is 16.5. The predicted molar refractivity (Wildman–Crippen MR) is 148 cm³/mol. The van der Waals surface area contributed by atoms with Crippen LogP contribution in [0.25, 0.3) is 0 Å². The van der Waals surface area contributed by atoms with Crippen LogP contribution in [0, 0.1) is 22.7 Å². The molecule has 0 atom stereocenters. The first-order valence-electron chi connectivity index (χ1n) is 14.3. The molecular weight excluding hydrogens is 416 g/mol. The van der Waals surface area contributed by atoms with Gasteiger partial charge >= 0.3 is 0 Å². The van der Waals surface area contributed by atoms with Gasteiger partial charge in [-0.15, -0.1) is 0 Å². The Morgan fingerprint density at radius 2 is 0.853 bits per heavy atom. The summed E-state index contributed by atoms with van der Waals surface area (Å²) in [5.74, 6) is 1.80. The van der Waals surface area contributed by atoms with Crippen molar-refractivity contribution in [3.05, 3.63) is 23.3 Å². The summed E-state index contributed by atoms with van der Waals surface area (Å²) in [7, 11) is 0. The molecule has 0 aliphatic heterocycles. The summed E-state index contributed by atoms with van der Waals surface area (Å²) in [6, 6.07) is 0. The first kappa shape index (κ1) is 30.9. The van der Waals surface area contributed by atoms with Crippen LogP contribution in [0.15, 0.2) is 23.3 Å². The zero-order valence-corrected chi connectivity index (χ0v) is 23.6. The first-order chi connectivity index (χ1) is 16.1. The van der Waals surface area contributed by atoms with Crippen LogP contribution in [-0.4, -0.2) is 12.6 Å². The van der Waals surface area contributed by atoms with E-state index in [9.17, 15) is 9.59 Å². The summed E-state index contributed by atoms with van der Waals surface area (Å²) in [4.78, 5) is 20.4. The van der Waals surface area contributed by atoms with E-state index in [1.165, 1.54) is 77.0 Å². The maximum absolute atomic E-state index is 10.2. The molecule has 0 spiro atoms. The summed E-state index contributed by atoms with van der Waals surface area (Å²) < 4.78 is 0. The highest BCUT2D eigenvalue weighted by molar-refractivity contribution is 5.49. The van der Waals surface area contributed by atoms with Crippen molar-refractivity contribution in [1.82, 2.24) is 0 Å². The minimum absolute atomic E-state index is 0.482. The third kappa shape index (κ3) is 13.6. The smallest absolute Gasteiger partial charge is 0.119 e. The van der Waals surface area contributed by atoms with Crippen LogP contribution in [0.4, 0.5) is 0 Å². The third-order valence-electron chi connectivity index (χ3n) is 8.12. The monoisotopic (exact) mass is 472 g/mol. The Morgan fingerprint density at radius 1 is 0.559 bits per heavy atom. The van der Waals surface area contributed by atoms with Gasteiger partial charge in [-0.2, -0.15) is 0 Å². The van der Waals surface area contributed by atoms with Gasteiger partial charge in [0.1, 0.15) is 12.6 Å². The molecular formula is C32H56O2. The van der Waals surface area contributed by atoms with Gasteiger partial charge in [0.25, 0.3) is 0 Å². The SMILES string of the molecule is CC(C)(C)C1CCC(=CCCCCC=O)CC1.CC(C)(C)C1CCC(=CCCCCC=O)CC1. The molecule has 2 rings (SSSR count). The van der Waals surface area contributed by atoms with Gasteiger partial charge in [-0.1, -0.05) is 64.8 Å². The second-order valence-corrected chi connectivity index (χ2v) is 12.9. The predicted octanol–water partition coefficient (Wildman–Crippen LogP) is 9.82. The number of rotatable bonds is 10. The fourth-order valence-corrected chi connectivity index (χ4v) is 5.47. The fourth-order valence-electron chi connectivity index (χ4n) is 5.47. The summed E-state index contributed by atoms with van der Waals surface area (Å²) in [6.07, 6.45) is 25.8. The van der Waals surface area contributed by atoms with Crippen molar-refractivity contribution >= 4 is 12.6 Å². The minimum Gasteiger partial charge on any atom is -0.303 e. The topological polar surface area (TPSA) is 34.1 Å². The van der Waals surface area contributed by atoms with Crippen LogP contribution in [0.5, 0.6) is 0 Å². The Kier molecular flexibility index (Phi) is 15.0. The van der Waals surface area contributed by atoms with E-state index >= 15 is 0 Å². The zero-order valence-electron chi connectivity index (χ0n) is 23.6. The van der Waals surface area contributed by atoms with Crippen LogP contribution in [0.1, 0.15) is 144 Å². The molecule has 0 unspecified atom stereocenters. The van der Waals surface area contributed by atoms with Gasteiger partial charge in [0.2, 0.25) is 0 Å². The number of allylic oxidation sites excluding steroid dienone is 4. The lowest BCUT2D eigenvalue weighted by Gasteiger charge is -2.34. The average molecular weight is 473 g/mol. The van der Waals surface area contributed by atoms with E-state index in [0.29, 0.717) is 10.8 Å². The Bertz CT molecular complexity index is 550. The molecule has 34 heavy (non-hydrogen) atoms. The van der Waals surface area contributed by atoms with Crippen molar-refractivity contribution < 1.29 is 9.59 Å². The van der Waals surface area contributed by atoms with Gasteiger partial charge in [-0.25, -0.2) is 0 Å². The van der Waals surface area contributed by atoms with Gasteiger partial charge in [0.05, 0.1) is 0 Å². The highest BCUT2D eigenvalue weighted by Gasteiger charge is 2.28. The lowest BCUT2D eigenvalue weighted by molar-refractivity contribution is -0.108. The second-order valence-electron chi connectivity index (χ2n) is 12.9. The van der Waals surface area contributed by atoms with Crippen LogP contribution in [0.2, 0.25) is 0 Å². The number of carbonyl (C=O) groups excluding carboxylic acids is 2. The quantitative estimate of drug-likeness (QED) is 0.180. The molecule has 0 saturated heterocycles. The Morgan fingerprint density at radius 3 is 1.12 bits per heavy atom.